The second-order valence-corrected chi connectivity index (χ2v) is 5.52. The minimum atomic E-state index is 0.599. The molecule has 1 aromatic heterocycles. The van der Waals surface area contributed by atoms with Gasteiger partial charge >= 0.3 is 0 Å². The van der Waals surface area contributed by atoms with Crippen LogP contribution in [0, 0.1) is 0 Å². The molecule has 14 heavy (non-hydrogen) atoms. The second-order valence-electron chi connectivity index (χ2n) is 3.45. The maximum atomic E-state index is 4.42. The molecule has 1 fully saturated rings. The van der Waals surface area contributed by atoms with Crippen molar-refractivity contribution < 1.29 is 0 Å². The molecule has 2 heterocycles. The van der Waals surface area contributed by atoms with E-state index < -0.39 is 0 Å². The normalized spacial score (nSPS) is 22.4. The third-order valence-electron chi connectivity index (χ3n) is 2.37. The van der Waals surface area contributed by atoms with Crippen molar-refractivity contribution in [3.63, 3.8) is 0 Å². The fourth-order valence-electron chi connectivity index (χ4n) is 1.61. The molecule has 0 amide bonds. The molecule has 0 bridgehead atoms. The van der Waals surface area contributed by atoms with Gasteiger partial charge in [0.05, 0.1) is 0 Å². The minimum absolute atomic E-state index is 0.599. The van der Waals surface area contributed by atoms with Gasteiger partial charge in [0.2, 0.25) is 0 Å². The number of hydrogen-bond acceptors (Lipinski definition) is 3. The van der Waals surface area contributed by atoms with Gasteiger partial charge in [-0.3, -0.25) is 0 Å². The van der Waals surface area contributed by atoms with E-state index in [4.69, 9.17) is 0 Å². The second kappa shape index (κ2) is 4.53. The topological polar surface area (TPSA) is 16.1 Å². The Bertz CT molecular complexity index is 301. The van der Waals surface area contributed by atoms with Crippen molar-refractivity contribution in [1.82, 2.24) is 4.98 Å². The third-order valence-corrected chi connectivity index (χ3v) is 4.03. The highest BCUT2D eigenvalue weighted by atomic mass is 79.9. The molecule has 0 aliphatic carbocycles. The summed E-state index contributed by atoms with van der Waals surface area (Å²) in [6.07, 6.45) is 1.86. The molecule has 1 aliphatic heterocycles. The lowest BCUT2D eigenvalue weighted by atomic mass is 10.3. The van der Waals surface area contributed by atoms with Crippen molar-refractivity contribution >= 4 is 33.5 Å². The number of nitrogens with zero attached hydrogens (tertiary/aromatic N) is 2. The van der Waals surface area contributed by atoms with Gasteiger partial charge in [0, 0.05) is 34.8 Å². The highest BCUT2D eigenvalue weighted by molar-refractivity contribution is 9.10. The Balaban J connectivity index is 2.16. The quantitative estimate of drug-likeness (QED) is 0.782. The van der Waals surface area contributed by atoms with Crippen LogP contribution in [0.2, 0.25) is 0 Å². The van der Waals surface area contributed by atoms with Crippen LogP contribution in [0.5, 0.6) is 0 Å². The summed E-state index contributed by atoms with van der Waals surface area (Å²) in [6.45, 7) is 3.37. The van der Waals surface area contributed by atoms with Crippen molar-refractivity contribution in [1.29, 1.82) is 0 Å². The van der Waals surface area contributed by atoms with Crippen molar-refractivity contribution in [3.05, 3.63) is 22.8 Å². The van der Waals surface area contributed by atoms with Gasteiger partial charge < -0.3 is 4.90 Å². The fourth-order valence-corrected chi connectivity index (χ4v) is 2.85. The Hall–Kier alpha value is -0.220. The third kappa shape index (κ3) is 2.23. The Morgan fingerprint density at radius 3 is 3.07 bits per heavy atom. The molecule has 0 spiro atoms. The number of aromatic nitrogens is 1. The smallest absolute Gasteiger partial charge is 0.128 e. The number of pyridine rings is 1. The summed E-state index contributed by atoms with van der Waals surface area (Å²) < 4.78 is 1.04. The number of rotatable bonds is 1. The van der Waals surface area contributed by atoms with E-state index in [9.17, 15) is 0 Å². The van der Waals surface area contributed by atoms with Crippen molar-refractivity contribution in [3.8, 4) is 0 Å². The van der Waals surface area contributed by atoms with E-state index in [1.807, 2.05) is 18.0 Å². The van der Waals surface area contributed by atoms with Gasteiger partial charge in [0.15, 0.2) is 0 Å². The highest BCUT2D eigenvalue weighted by Gasteiger charge is 2.19. The number of anilines is 1. The molecular formula is C10H13BrN2S. The maximum Gasteiger partial charge on any atom is 0.128 e. The Morgan fingerprint density at radius 1 is 1.57 bits per heavy atom. The molecule has 1 saturated heterocycles. The van der Waals surface area contributed by atoms with Crippen LogP contribution in [0.1, 0.15) is 6.92 Å². The van der Waals surface area contributed by atoms with E-state index in [-0.39, 0.29) is 0 Å². The molecule has 76 valence electrons. The fraction of sp³-hybridized carbons (Fsp3) is 0.500. The summed E-state index contributed by atoms with van der Waals surface area (Å²) >= 11 is 5.43. The van der Waals surface area contributed by atoms with Gasteiger partial charge in [-0.15, -0.1) is 0 Å². The van der Waals surface area contributed by atoms with Crippen LogP contribution < -0.4 is 4.90 Å². The average molecular weight is 273 g/mol. The highest BCUT2D eigenvalue weighted by Crippen LogP contribution is 2.22. The van der Waals surface area contributed by atoms with Crippen LogP contribution in [-0.4, -0.2) is 29.1 Å². The molecule has 1 aromatic rings. The summed E-state index contributed by atoms with van der Waals surface area (Å²) in [5.41, 5.74) is 0. The monoisotopic (exact) mass is 272 g/mol. The molecule has 0 N–H and O–H groups in total. The van der Waals surface area contributed by atoms with Crippen LogP contribution in [0.25, 0.3) is 0 Å². The summed E-state index contributed by atoms with van der Waals surface area (Å²) in [5.74, 6) is 3.51. The zero-order chi connectivity index (χ0) is 9.97. The lowest BCUT2D eigenvalue weighted by Crippen LogP contribution is -2.40. The summed E-state index contributed by atoms with van der Waals surface area (Å²) in [6, 6.07) is 4.73. The lowest BCUT2D eigenvalue weighted by Gasteiger charge is -2.33. The van der Waals surface area contributed by atoms with Crippen LogP contribution in [-0.2, 0) is 0 Å². The molecule has 0 aromatic carbocycles. The first-order valence-corrected chi connectivity index (χ1v) is 6.68. The SMILES string of the molecule is C[C@H]1CSCCN1c1ccc(Br)cn1. The van der Waals surface area contributed by atoms with Crippen molar-refractivity contribution in [2.45, 2.75) is 13.0 Å². The molecule has 0 saturated carbocycles. The maximum absolute atomic E-state index is 4.42. The molecule has 2 rings (SSSR count). The average Bonchev–Trinajstić information content (AvgIpc) is 2.20. The molecule has 0 radical (unpaired) electrons. The van der Waals surface area contributed by atoms with Gasteiger partial charge in [-0.25, -0.2) is 4.98 Å². The summed E-state index contributed by atoms with van der Waals surface area (Å²) in [7, 11) is 0. The Kier molecular flexibility index (Phi) is 3.34. The zero-order valence-electron chi connectivity index (χ0n) is 8.11. The standard InChI is InChI=1S/C10H13BrN2S/c1-8-7-14-5-4-13(8)10-3-2-9(11)6-12-10/h2-3,6,8H,4-5,7H2,1H3/t8-/m0/s1. The largest absolute Gasteiger partial charge is 0.352 e. The predicted octanol–water partition coefficient (Wildman–Crippen LogP) is 2.79. The number of thioether (sulfide) groups is 1. The van der Waals surface area contributed by atoms with Gasteiger partial charge in [-0.1, -0.05) is 0 Å². The van der Waals surface area contributed by atoms with Gasteiger partial charge in [-0.05, 0) is 35.0 Å². The van der Waals surface area contributed by atoms with Crippen molar-refractivity contribution in [2.75, 3.05) is 23.0 Å². The molecule has 0 unspecified atom stereocenters. The molecule has 2 nitrogen and oxygen atoms in total. The Labute approximate surface area is 97.2 Å². The van der Waals surface area contributed by atoms with E-state index in [1.165, 1.54) is 11.5 Å². The van der Waals surface area contributed by atoms with E-state index >= 15 is 0 Å². The number of hydrogen-bond donors (Lipinski definition) is 0. The predicted molar refractivity (Wildman–Crippen MR) is 66.1 cm³/mol. The Morgan fingerprint density at radius 2 is 2.43 bits per heavy atom. The van der Waals surface area contributed by atoms with Crippen LogP contribution in [0.3, 0.4) is 0 Å². The van der Waals surface area contributed by atoms with Gasteiger partial charge in [-0.2, -0.15) is 11.8 Å². The minimum Gasteiger partial charge on any atom is -0.352 e. The molecule has 1 aliphatic rings. The van der Waals surface area contributed by atoms with Crippen LogP contribution in [0.15, 0.2) is 22.8 Å². The molecular weight excluding hydrogens is 260 g/mol. The summed E-state index contributed by atoms with van der Waals surface area (Å²) in [5, 5.41) is 0. The van der Waals surface area contributed by atoms with Crippen molar-refractivity contribution in [2.24, 2.45) is 0 Å². The first kappa shape index (κ1) is 10.3. The van der Waals surface area contributed by atoms with Gasteiger partial charge in [0.25, 0.3) is 0 Å². The van der Waals surface area contributed by atoms with Gasteiger partial charge in [0.1, 0.15) is 5.82 Å². The zero-order valence-corrected chi connectivity index (χ0v) is 10.5. The van der Waals surface area contributed by atoms with E-state index in [2.05, 4.69) is 44.9 Å². The molecule has 4 heteroatoms. The first-order valence-electron chi connectivity index (χ1n) is 4.73. The lowest BCUT2D eigenvalue weighted by molar-refractivity contribution is 0.690. The molecule has 1 atom stereocenters. The van der Waals surface area contributed by atoms with Crippen LogP contribution in [0.4, 0.5) is 5.82 Å². The summed E-state index contributed by atoms with van der Waals surface area (Å²) in [4.78, 5) is 6.80. The first-order chi connectivity index (χ1) is 6.77. The van der Waals surface area contributed by atoms with Crippen LogP contribution >= 0.6 is 27.7 Å². The van der Waals surface area contributed by atoms with E-state index in [0.717, 1.165) is 16.8 Å². The number of halogens is 1. The van der Waals surface area contributed by atoms with E-state index in [0.29, 0.717) is 6.04 Å². The van der Waals surface area contributed by atoms with E-state index in [1.54, 1.807) is 0 Å².